The van der Waals surface area contributed by atoms with Crippen molar-refractivity contribution in [2.75, 3.05) is 0 Å². The summed E-state index contributed by atoms with van der Waals surface area (Å²) >= 11 is 0. The molecule has 1 aromatic rings. The smallest absolute Gasteiger partial charge is 0.407 e. The Hall–Kier alpha value is -2.11. The van der Waals surface area contributed by atoms with Crippen LogP contribution in [0.3, 0.4) is 0 Å². The van der Waals surface area contributed by atoms with Crippen molar-refractivity contribution >= 4 is 12.1 Å². The second kappa shape index (κ2) is 9.87. The van der Waals surface area contributed by atoms with E-state index in [1.807, 2.05) is 26.8 Å². The summed E-state index contributed by atoms with van der Waals surface area (Å²) < 4.78 is 26.8. The van der Waals surface area contributed by atoms with E-state index in [4.69, 9.17) is 9.47 Å². The van der Waals surface area contributed by atoms with Gasteiger partial charge in [0.05, 0.1) is 5.92 Å². The summed E-state index contributed by atoms with van der Waals surface area (Å²) in [5, 5.41) is 3.17. The highest BCUT2D eigenvalue weighted by molar-refractivity contribution is 5.75. The van der Waals surface area contributed by atoms with Gasteiger partial charge in [-0.05, 0) is 76.0 Å². The normalized spacial score (nSPS) is 27.7. The van der Waals surface area contributed by atoms with Crippen LogP contribution in [-0.4, -0.2) is 23.7 Å². The van der Waals surface area contributed by atoms with Gasteiger partial charge in [0.2, 0.25) is 0 Å². The molecule has 3 aliphatic carbocycles. The van der Waals surface area contributed by atoms with Crippen molar-refractivity contribution in [2.24, 2.45) is 11.8 Å². The standard InChI is InChI=1S/C28H40FNO4/c1-27(2,3)34-26(32)30-24-19-13-9-6-10-14-28(24,4)22-16-20(17-23(29)21(22)15-19)33-25(31)18-11-7-5-8-12-18/h16-19,24H,5-15H2,1-4H3,(H,30,32)/t19-,24-,28+/m0/s1. The maximum atomic E-state index is 15.4. The number of nitrogens with one attached hydrogen (secondary N) is 1. The van der Waals surface area contributed by atoms with E-state index >= 15 is 4.39 Å². The lowest BCUT2D eigenvalue weighted by Crippen LogP contribution is -2.57. The number of carbonyl (C=O) groups excluding carboxylic acids is 2. The van der Waals surface area contributed by atoms with Gasteiger partial charge in [-0.25, -0.2) is 9.18 Å². The van der Waals surface area contributed by atoms with Gasteiger partial charge in [0.25, 0.3) is 0 Å². The maximum Gasteiger partial charge on any atom is 0.407 e. The van der Waals surface area contributed by atoms with Crippen LogP contribution in [-0.2, 0) is 21.4 Å². The van der Waals surface area contributed by atoms with Crippen LogP contribution >= 0.6 is 0 Å². The zero-order chi connectivity index (χ0) is 24.5. The zero-order valence-corrected chi connectivity index (χ0v) is 21.2. The number of ether oxygens (including phenoxy) is 2. The highest BCUT2D eigenvalue weighted by Gasteiger charge is 2.48. The van der Waals surface area contributed by atoms with Gasteiger partial charge in [-0.15, -0.1) is 0 Å². The van der Waals surface area contributed by atoms with Crippen molar-refractivity contribution in [1.82, 2.24) is 5.32 Å². The first kappa shape index (κ1) is 25.0. The maximum absolute atomic E-state index is 15.4. The Kier molecular flexibility index (Phi) is 7.25. The molecule has 0 unspecified atom stereocenters. The van der Waals surface area contributed by atoms with E-state index in [0.29, 0.717) is 12.0 Å². The minimum atomic E-state index is -0.591. The predicted octanol–water partition coefficient (Wildman–Crippen LogP) is 6.60. The first-order valence-electron chi connectivity index (χ1n) is 13.1. The molecular formula is C28H40FNO4. The topological polar surface area (TPSA) is 64.6 Å². The molecule has 3 aliphatic rings. The van der Waals surface area contributed by atoms with Crippen LogP contribution < -0.4 is 10.1 Å². The van der Waals surface area contributed by atoms with E-state index < -0.39 is 17.1 Å². The number of amides is 1. The van der Waals surface area contributed by atoms with E-state index in [9.17, 15) is 9.59 Å². The Morgan fingerprint density at radius 3 is 2.41 bits per heavy atom. The highest BCUT2D eigenvalue weighted by atomic mass is 19.1. The molecule has 2 bridgehead atoms. The lowest BCUT2D eigenvalue weighted by atomic mass is 9.59. The molecule has 0 heterocycles. The molecule has 4 rings (SSSR count). The molecule has 2 saturated carbocycles. The number of alkyl carbamates (subject to hydrolysis) is 1. The number of hydrogen-bond acceptors (Lipinski definition) is 4. The monoisotopic (exact) mass is 473 g/mol. The molecule has 1 amide bonds. The zero-order valence-electron chi connectivity index (χ0n) is 21.2. The molecule has 5 nitrogen and oxygen atoms in total. The quantitative estimate of drug-likeness (QED) is 0.397. The van der Waals surface area contributed by atoms with E-state index in [1.165, 1.54) is 6.07 Å². The first-order chi connectivity index (χ1) is 16.1. The minimum absolute atomic E-state index is 0.101. The number of carbonyl (C=O) groups is 2. The van der Waals surface area contributed by atoms with Crippen molar-refractivity contribution in [1.29, 1.82) is 0 Å². The van der Waals surface area contributed by atoms with Gasteiger partial charge in [0.15, 0.2) is 0 Å². The largest absolute Gasteiger partial charge is 0.444 e. The molecule has 0 radical (unpaired) electrons. The van der Waals surface area contributed by atoms with Gasteiger partial charge < -0.3 is 14.8 Å². The summed E-state index contributed by atoms with van der Waals surface area (Å²) in [5.41, 5.74) is 0.503. The summed E-state index contributed by atoms with van der Waals surface area (Å²) in [6, 6.07) is 3.07. The SMILES string of the molecule is CC(C)(C)OC(=O)N[C@H]1[C@H]2CCCCC[C@]1(C)c1cc(OC(=O)C3CCCCC3)cc(F)c1C2. The molecule has 3 atom stereocenters. The van der Waals surface area contributed by atoms with Crippen LogP contribution in [0.2, 0.25) is 0 Å². The second-order valence-electron chi connectivity index (χ2n) is 11.8. The van der Waals surface area contributed by atoms with Gasteiger partial charge in [0.1, 0.15) is 17.2 Å². The van der Waals surface area contributed by atoms with Crippen molar-refractivity contribution in [2.45, 2.75) is 115 Å². The van der Waals surface area contributed by atoms with Crippen LogP contribution in [0, 0.1) is 17.7 Å². The number of halogens is 1. The van der Waals surface area contributed by atoms with Gasteiger partial charge >= 0.3 is 12.1 Å². The summed E-state index contributed by atoms with van der Waals surface area (Å²) in [6.07, 6.45) is 10.0. The van der Waals surface area contributed by atoms with Crippen molar-refractivity contribution in [3.8, 4) is 5.75 Å². The third-order valence-electron chi connectivity index (χ3n) is 8.01. The number of benzene rings is 1. The van der Waals surface area contributed by atoms with E-state index in [2.05, 4.69) is 12.2 Å². The molecule has 188 valence electrons. The number of hydrogen-bond donors (Lipinski definition) is 1. The Bertz CT molecular complexity index is 918. The Morgan fingerprint density at radius 2 is 1.71 bits per heavy atom. The Balaban J connectivity index is 1.65. The van der Waals surface area contributed by atoms with Gasteiger partial charge in [0, 0.05) is 17.5 Å². The average Bonchev–Trinajstić information content (AvgIpc) is 2.75. The van der Waals surface area contributed by atoms with Crippen LogP contribution in [0.15, 0.2) is 12.1 Å². The fourth-order valence-corrected chi connectivity index (χ4v) is 6.34. The Morgan fingerprint density at radius 1 is 1.03 bits per heavy atom. The van der Waals surface area contributed by atoms with Crippen LogP contribution in [0.25, 0.3) is 0 Å². The molecule has 34 heavy (non-hydrogen) atoms. The highest BCUT2D eigenvalue weighted by Crippen LogP contribution is 2.48. The molecule has 1 aromatic carbocycles. The molecule has 1 N–H and O–H groups in total. The van der Waals surface area contributed by atoms with Crippen LogP contribution in [0.4, 0.5) is 9.18 Å². The molecular weight excluding hydrogens is 433 g/mol. The first-order valence-corrected chi connectivity index (χ1v) is 13.1. The molecule has 0 aromatic heterocycles. The average molecular weight is 474 g/mol. The minimum Gasteiger partial charge on any atom is -0.444 e. The van der Waals surface area contributed by atoms with E-state index in [0.717, 1.165) is 69.8 Å². The molecule has 6 heteroatoms. The van der Waals surface area contributed by atoms with Crippen molar-refractivity contribution in [3.63, 3.8) is 0 Å². The van der Waals surface area contributed by atoms with E-state index in [-0.39, 0.29) is 35.4 Å². The van der Waals surface area contributed by atoms with E-state index in [1.54, 1.807) is 0 Å². The van der Waals surface area contributed by atoms with Crippen LogP contribution in [0.1, 0.15) is 103 Å². The second-order valence-corrected chi connectivity index (χ2v) is 11.8. The third kappa shape index (κ3) is 5.41. The van der Waals surface area contributed by atoms with Gasteiger partial charge in [-0.3, -0.25) is 4.79 Å². The lowest BCUT2D eigenvalue weighted by Gasteiger charge is -2.49. The lowest BCUT2D eigenvalue weighted by molar-refractivity contribution is -0.140. The molecule has 2 fully saturated rings. The fourth-order valence-electron chi connectivity index (χ4n) is 6.34. The summed E-state index contributed by atoms with van der Waals surface area (Å²) in [4.78, 5) is 25.6. The third-order valence-corrected chi connectivity index (χ3v) is 8.01. The van der Waals surface area contributed by atoms with Gasteiger partial charge in [-0.1, -0.05) is 45.4 Å². The van der Waals surface area contributed by atoms with Gasteiger partial charge in [-0.2, -0.15) is 0 Å². The number of esters is 1. The number of fused-ring (bicyclic) bond motifs is 4. The number of rotatable bonds is 3. The summed E-state index contributed by atoms with van der Waals surface area (Å²) in [5.74, 6) is -0.244. The van der Waals surface area contributed by atoms with Crippen molar-refractivity contribution in [3.05, 3.63) is 29.1 Å². The summed E-state index contributed by atoms with van der Waals surface area (Å²) in [6.45, 7) is 7.68. The van der Waals surface area contributed by atoms with Crippen molar-refractivity contribution < 1.29 is 23.5 Å². The molecule has 0 aliphatic heterocycles. The fraction of sp³-hybridized carbons (Fsp3) is 0.714. The summed E-state index contributed by atoms with van der Waals surface area (Å²) in [7, 11) is 0. The molecule has 0 saturated heterocycles. The predicted molar refractivity (Wildman–Crippen MR) is 129 cm³/mol. The molecule has 0 spiro atoms. The van der Waals surface area contributed by atoms with Crippen LogP contribution in [0.5, 0.6) is 5.75 Å². The Labute approximate surface area is 203 Å².